The maximum Gasteiger partial charge on any atom is 0.408 e. The van der Waals surface area contributed by atoms with Gasteiger partial charge in [-0.2, -0.15) is 0 Å². The summed E-state index contributed by atoms with van der Waals surface area (Å²) in [5.41, 5.74) is 0.579. The molecule has 0 saturated heterocycles. The standard InChI is InChI=1S/C17H21BrN2O5/c1-5-23-15(21)12(20-16(22)25-17(2,3)4)9-14-19-11-7-6-10(18)8-13(11)24-14/h6-8,12H,5,9H2,1-4H3,(H,20,22)/t12-/m0/s1. The Kier molecular flexibility index (Phi) is 6.05. The van der Waals surface area contributed by atoms with Crippen LogP contribution in [-0.2, 0) is 20.7 Å². The molecule has 0 aliphatic rings. The molecule has 0 aliphatic carbocycles. The molecule has 0 spiro atoms. The van der Waals surface area contributed by atoms with Gasteiger partial charge in [0.2, 0.25) is 0 Å². The summed E-state index contributed by atoms with van der Waals surface area (Å²) in [6.07, 6.45) is -0.644. The number of rotatable bonds is 5. The molecule has 0 aliphatic heterocycles. The molecule has 1 heterocycles. The normalized spacial score (nSPS) is 12.7. The number of benzene rings is 1. The van der Waals surface area contributed by atoms with Gasteiger partial charge in [-0.25, -0.2) is 14.6 Å². The van der Waals surface area contributed by atoms with Crippen molar-refractivity contribution in [2.24, 2.45) is 0 Å². The zero-order valence-corrected chi connectivity index (χ0v) is 16.2. The van der Waals surface area contributed by atoms with Crippen LogP contribution in [0, 0.1) is 0 Å². The first-order valence-corrected chi connectivity index (χ1v) is 8.68. The van der Waals surface area contributed by atoms with Crippen LogP contribution in [0.15, 0.2) is 27.1 Å². The maximum atomic E-state index is 12.1. The monoisotopic (exact) mass is 412 g/mol. The Morgan fingerprint density at radius 1 is 1.36 bits per heavy atom. The van der Waals surface area contributed by atoms with Crippen molar-refractivity contribution in [2.75, 3.05) is 6.61 Å². The highest BCUT2D eigenvalue weighted by atomic mass is 79.9. The predicted molar refractivity (Wildman–Crippen MR) is 95.2 cm³/mol. The smallest absolute Gasteiger partial charge is 0.408 e. The number of fused-ring (bicyclic) bond motifs is 1. The van der Waals surface area contributed by atoms with Gasteiger partial charge in [-0.15, -0.1) is 0 Å². The maximum absolute atomic E-state index is 12.1. The second kappa shape index (κ2) is 7.86. The molecule has 2 aromatic rings. The molecule has 0 radical (unpaired) electrons. The Labute approximate surface area is 154 Å². The molecular weight excluding hydrogens is 392 g/mol. The van der Waals surface area contributed by atoms with Gasteiger partial charge in [0.1, 0.15) is 17.2 Å². The van der Waals surface area contributed by atoms with Crippen LogP contribution in [0.2, 0.25) is 0 Å². The highest BCUT2D eigenvalue weighted by Crippen LogP contribution is 2.21. The zero-order valence-electron chi connectivity index (χ0n) is 14.6. The number of esters is 1. The first-order valence-electron chi connectivity index (χ1n) is 7.89. The van der Waals surface area contributed by atoms with E-state index in [1.807, 2.05) is 6.07 Å². The fourth-order valence-electron chi connectivity index (χ4n) is 2.09. The predicted octanol–water partition coefficient (Wildman–Crippen LogP) is 3.59. The minimum absolute atomic E-state index is 0.0599. The molecule has 2 rings (SSSR count). The van der Waals surface area contributed by atoms with Crippen LogP contribution in [0.25, 0.3) is 11.1 Å². The van der Waals surface area contributed by atoms with Crippen LogP contribution < -0.4 is 5.32 Å². The van der Waals surface area contributed by atoms with E-state index in [9.17, 15) is 9.59 Å². The van der Waals surface area contributed by atoms with Crippen LogP contribution in [0.3, 0.4) is 0 Å². The molecule has 1 amide bonds. The van der Waals surface area contributed by atoms with Crippen LogP contribution >= 0.6 is 15.9 Å². The summed E-state index contributed by atoms with van der Waals surface area (Å²) in [4.78, 5) is 28.5. The molecule has 1 atom stereocenters. The van der Waals surface area contributed by atoms with Crippen molar-refractivity contribution in [3.63, 3.8) is 0 Å². The Hall–Kier alpha value is -2.09. The van der Waals surface area contributed by atoms with Crippen molar-refractivity contribution >= 4 is 39.1 Å². The third kappa shape index (κ3) is 5.74. The van der Waals surface area contributed by atoms with Crippen molar-refractivity contribution in [1.29, 1.82) is 0 Å². The number of nitrogens with one attached hydrogen (secondary N) is 1. The minimum atomic E-state index is -0.952. The van der Waals surface area contributed by atoms with Crippen LogP contribution in [0.1, 0.15) is 33.6 Å². The van der Waals surface area contributed by atoms with Gasteiger partial charge in [-0.1, -0.05) is 15.9 Å². The number of alkyl carbamates (subject to hydrolysis) is 1. The van der Waals surface area contributed by atoms with Gasteiger partial charge in [0, 0.05) is 4.47 Å². The van der Waals surface area contributed by atoms with E-state index in [0.717, 1.165) is 4.47 Å². The Morgan fingerprint density at radius 3 is 2.72 bits per heavy atom. The average molecular weight is 413 g/mol. The topological polar surface area (TPSA) is 90.7 Å². The third-order valence-electron chi connectivity index (χ3n) is 3.04. The summed E-state index contributed by atoms with van der Waals surface area (Å²) in [7, 11) is 0. The van der Waals surface area contributed by atoms with Crippen LogP contribution in [0.5, 0.6) is 0 Å². The fraction of sp³-hybridized carbons (Fsp3) is 0.471. The van der Waals surface area contributed by atoms with Crippen LogP contribution in [0.4, 0.5) is 4.79 Å². The lowest BCUT2D eigenvalue weighted by molar-refractivity contribution is -0.145. The number of carbonyl (C=O) groups is 2. The SMILES string of the molecule is CCOC(=O)[C@H](Cc1nc2ccc(Br)cc2o1)NC(=O)OC(C)(C)C. The summed E-state index contributed by atoms with van der Waals surface area (Å²) in [5, 5.41) is 2.52. The Bertz CT molecular complexity index is 766. The molecule has 136 valence electrons. The lowest BCUT2D eigenvalue weighted by Gasteiger charge is -2.22. The summed E-state index contributed by atoms with van der Waals surface area (Å²) >= 11 is 3.36. The molecule has 7 nitrogen and oxygen atoms in total. The van der Waals surface area contributed by atoms with Crippen molar-refractivity contribution in [3.8, 4) is 0 Å². The van der Waals surface area contributed by atoms with Crippen LogP contribution in [-0.4, -0.2) is 35.3 Å². The molecule has 1 aromatic carbocycles. The second-order valence-corrected chi connectivity index (χ2v) is 7.29. The van der Waals surface area contributed by atoms with Gasteiger partial charge in [-0.05, 0) is 45.9 Å². The number of amides is 1. The lowest BCUT2D eigenvalue weighted by atomic mass is 10.2. The van der Waals surface area contributed by atoms with E-state index >= 15 is 0 Å². The second-order valence-electron chi connectivity index (χ2n) is 6.37. The summed E-state index contributed by atoms with van der Waals surface area (Å²) in [6, 6.07) is 4.47. The molecule has 0 bridgehead atoms. The van der Waals surface area contributed by atoms with Crippen molar-refractivity contribution < 1.29 is 23.5 Å². The number of hydrogen-bond acceptors (Lipinski definition) is 6. The number of halogens is 1. The van der Waals surface area contributed by atoms with E-state index in [1.165, 1.54) is 0 Å². The first kappa shape index (κ1) is 19.2. The fourth-order valence-corrected chi connectivity index (χ4v) is 2.43. The van der Waals surface area contributed by atoms with Gasteiger partial charge in [0.25, 0.3) is 0 Å². The van der Waals surface area contributed by atoms with Crippen molar-refractivity contribution in [2.45, 2.75) is 45.8 Å². The van der Waals surface area contributed by atoms with Crippen molar-refractivity contribution in [1.82, 2.24) is 10.3 Å². The number of ether oxygens (including phenoxy) is 2. The highest BCUT2D eigenvalue weighted by molar-refractivity contribution is 9.10. The van der Waals surface area contributed by atoms with Gasteiger partial charge in [0.05, 0.1) is 13.0 Å². The van der Waals surface area contributed by atoms with Crippen molar-refractivity contribution in [3.05, 3.63) is 28.6 Å². The number of nitrogens with zero attached hydrogens (tertiary/aromatic N) is 1. The number of aromatic nitrogens is 1. The average Bonchev–Trinajstić information content (AvgIpc) is 2.86. The molecule has 1 N–H and O–H groups in total. The van der Waals surface area contributed by atoms with Gasteiger partial charge >= 0.3 is 12.1 Å². The van der Waals surface area contributed by atoms with E-state index in [-0.39, 0.29) is 13.0 Å². The quantitative estimate of drug-likeness (QED) is 0.754. The van der Waals surface area contributed by atoms with E-state index in [1.54, 1.807) is 39.8 Å². The minimum Gasteiger partial charge on any atom is -0.464 e. The molecule has 0 fully saturated rings. The molecule has 0 unspecified atom stereocenters. The summed E-state index contributed by atoms with van der Waals surface area (Å²) in [5.74, 6) is -0.251. The lowest BCUT2D eigenvalue weighted by Crippen LogP contribution is -2.45. The molecule has 8 heteroatoms. The third-order valence-corrected chi connectivity index (χ3v) is 3.53. The molecule has 1 aromatic heterocycles. The number of hydrogen-bond donors (Lipinski definition) is 1. The highest BCUT2D eigenvalue weighted by Gasteiger charge is 2.27. The van der Waals surface area contributed by atoms with Gasteiger partial charge < -0.3 is 19.2 Å². The van der Waals surface area contributed by atoms with E-state index in [2.05, 4.69) is 26.2 Å². The molecule has 0 saturated carbocycles. The zero-order chi connectivity index (χ0) is 18.6. The number of oxazole rings is 1. The van der Waals surface area contributed by atoms with E-state index < -0.39 is 23.7 Å². The summed E-state index contributed by atoms with van der Waals surface area (Å²) < 4.78 is 16.7. The summed E-state index contributed by atoms with van der Waals surface area (Å²) in [6.45, 7) is 7.12. The molecule has 25 heavy (non-hydrogen) atoms. The van der Waals surface area contributed by atoms with Gasteiger partial charge in [0.15, 0.2) is 11.5 Å². The Balaban J connectivity index is 2.16. The molecular formula is C17H21BrN2O5. The largest absolute Gasteiger partial charge is 0.464 e. The first-order chi connectivity index (χ1) is 11.7. The van der Waals surface area contributed by atoms with Gasteiger partial charge in [-0.3, -0.25) is 0 Å². The Morgan fingerprint density at radius 2 is 2.08 bits per heavy atom. The number of carbonyl (C=O) groups excluding carboxylic acids is 2. The van der Waals surface area contributed by atoms with E-state index in [0.29, 0.717) is 17.0 Å². The van der Waals surface area contributed by atoms with E-state index in [4.69, 9.17) is 13.9 Å².